The molecule has 5 saturated carbocycles. The molecule has 0 N–H and O–H groups in total. The maximum absolute atomic E-state index is 12.9. The van der Waals surface area contributed by atoms with E-state index in [2.05, 4.69) is 41.5 Å². The normalized spacial score (nSPS) is 55.5. The fourth-order valence-corrected chi connectivity index (χ4v) is 11.3. The van der Waals surface area contributed by atoms with Gasteiger partial charge in [-0.25, -0.2) is 0 Å². The summed E-state index contributed by atoms with van der Waals surface area (Å²) in [6.45, 7) is 14.7. The number of carbonyl (C=O) groups excluding carboxylic acids is 2. The first-order valence-corrected chi connectivity index (χ1v) is 13.5. The first-order valence-electron chi connectivity index (χ1n) is 13.5. The van der Waals surface area contributed by atoms with Crippen LogP contribution >= 0.6 is 0 Å². The maximum Gasteiger partial charge on any atom is 0.138 e. The Labute approximate surface area is 190 Å². The zero-order valence-corrected chi connectivity index (χ0v) is 21.1. The molecule has 9 atom stereocenters. The topological polar surface area (TPSA) is 34.1 Å². The number of carbonyl (C=O) groups is 2. The molecular weight excluding hydrogens is 380 g/mol. The van der Waals surface area contributed by atoms with E-state index >= 15 is 0 Å². The first kappa shape index (κ1) is 22.1. The molecule has 0 bridgehead atoms. The van der Waals surface area contributed by atoms with E-state index in [-0.39, 0.29) is 16.2 Å². The van der Waals surface area contributed by atoms with Crippen LogP contribution in [0.2, 0.25) is 0 Å². The molecular formula is C29H46O2. The number of Topliss-reactive ketones (excluding diaryl/α,β-unsaturated/α-hetero) is 1. The number of hydrogen-bond acceptors (Lipinski definition) is 2. The minimum atomic E-state index is -0.163. The zero-order valence-electron chi connectivity index (χ0n) is 21.1. The molecule has 2 heteroatoms. The molecule has 0 aliphatic heterocycles. The SMILES string of the molecule is CC[C@@H]1CC[C@]2(C=O)CC[C@]3(C)[C@H](CC[C@@H]4[C@@]5(C)CCC(=O)C(C)(C)[C@@H]5CC[C@]43C)[C@@H]12. The summed E-state index contributed by atoms with van der Waals surface area (Å²) in [6.07, 6.45) is 14.4. The molecule has 5 rings (SSSR count). The van der Waals surface area contributed by atoms with E-state index in [0.29, 0.717) is 34.4 Å². The van der Waals surface area contributed by atoms with Crippen LogP contribution in [0.25, 0.3) is 0 Å². The predicted molar refractivity (Wildman–Crippen MR) is 126 cm³/mol. The van der Waals surface area contributed by atoms with Crippen LogP contribution in [0.3, 0.4) is 0 Å². The third kappa shape index (κ3) is 2.52. The Balaban J connectivity index is 1.55. The second kappa shape index (κ2) is 6.69. The van der Waals surface area contributed by atoms with Gasteiger partial charge < -0.3 is 4.79 Å². The van der Waals surface area contributed by atoms with Gasteiger partial charge in [-0.3, -0.25) is 4.79 Å². The molecule has 2 nitrogen and oxygen atoms in total. The van der Waals surface area contributed by atoms with Crippen LogP contribution in [-0.4, -0.2) is 12.1 Å². The lowest BCUT2D eigenvalue weighted by atomic mass is 9.32. The summed E-state index contributed by atoms with van der Waals surface area (Å²) in [5.41, 5.74) is 0.786. The largest absolute Gasteiger partial charge is 0.303 e. The van der Waals surface area contributed by atoms with Crippen molar-refractivity contribution in [1.29, 1.82) is 0 Å². The van der Waals surface area contributed by atoms with Crippen LogP contribution in [0, 0.1) is 56.7 Å². The van der Waals surface area contributed by atoms with E-state index in [9.17, 15) is 9.59 Å². The van der Waals surface area contributed by atoms with E-state index in [1.165, 1.54) is 51.2 Å². The number of ketones is 1. The standard InChI is InChI=1S/C29H46O2/c1-7-19-10-15-29(18-30)17-16-27(5)20(24(19)29)8-9-22-26(4)13-12-23(31)25(2,3)21(26)11-14-28(22,27)6/h18-22,24H,7-17H2,1-6H3/t19-,20-,21+,22-,24-,26+,27-,28-,29-/m1/s1. The van der Waals surface area contributed by atoms with Crippen molar-refractivity contribution in [2.75, 3.05) is 0 Å². The number of rotatable bonds is 2. The van der Waals surface area contributed by atoms with E-state index in [0.717, 1.165) is 37.5 Å². The van der Waals surface area contributed by atoms with Crippen LogP contribution in [0.1, 0.15) is 112 Å². The predicted octanol–water partition coefficient (Wildman–Crippen LogP) is 7.25. The summed E-state index contributed by atoms with van der Waals surface area (Å²) in [5.74, 6) is 3.82. The van der Waals surface area contributed by atoms with Gasteiger partial charge in [0.1, 0.15) is 12.1 Å². The van der Waals surface area contributed by atoms with Crippen molar-refractivity contribution in [3.8, 4) is 0 Å². The Kier molecular flexibility index (Phi) is 4.78. The molecule has 0 aromatic heterocycles. The van der Waals surface area contributed by atoms with Gasteiger partial charge in [0.2, 0.25) is 0 Å². The van der Waals surface area contributed by atoms with E-state index < -0.39 is 0 Å². The van der Waals surface area contributed by atoms with Crippen molar-refractivity contribution in [3.05, 3.63) is 0 Å². The van der Waals surface area contributed by atoms with Crippen molar-refractivity contribution < 1.29 is 9.59 Å². The highest BCUT2D eigenvalue weighted by atomic mass is 16.1. The Morgan fingerprint density at radius 3 is 2.26 bits per heavy atom. The molecule has 31 heavy (non-hydrogen) atoms. The molecule has 174 valence electrons. The summed E-state index contributed by atoms with van der Waals surface area (Å²) in [5, 5.41) is 0. The Morgan fingerprint density at radius 1 is 0.839 bits per heavy atom. The van der Waals surface area contributed by atoms with Crippen molar-refractivity contribution in [1.82, 2.24) is 0 Å². The number of fused-ring (bicyclic) bond motifs is 7. The van der Waals surface area contributed by atoms with Crippen LogP contribution in [0.4, 0.5) is 0 Å². The van der Waals surface area contributed by atoms with Crippen LogP contribution < -0.4 is 0 Å². The highest BCUT2D eigenvalue weighted by molar-refractivity contribution is 5.85. The molecule has 0 spiro atoms. The average Bonchev–Trinajstić information content (AvgIpc) is 3.11. The minimum Gasteiger partial charge on any atom is -0.303 e. The van der Waals surface area contributed by atoms with Gasteiger partial charge >= 0.3 is 0 Å². The fourth-order valence-electron chi connectivity index (χ4n) is 11.3. The molecule has 0 amide bonds. The molecule has 5 aliphatic carbocycles. The van der Waals surface area contributed by atoms with Gasteiger partial charge in [-0.15, -0.1) is 0 Å². The number of hydrogen-bond donors (Lipinski definition) is 0. The number of aldehydes is 1. The second-order valence-corrected chi connectivity index (χ2v) is 13.9. The van der Waals surface area contributed by atoms with E-state index in [1.807, 2.05) is 0 Å². The van der Waals surface area contributed by atoms with Gasteiger partial charge in [0.25, 0.3) is 0 Å². The first-order chi connectivity index (χ1) is 14.5. The quantitative estimate of drug-likeness (QED) is 0.436. The van der Waals surface area contributed by atoms with Gasteiger partial charge in [0.05, 0.1) is 0 Å². The highest BCUT2D eigenvalue weighted by Gasteiger charge is 2.70. The van der Waals surface area contributed by atoms with Gasteiger partial charge in [-0.2, -0.15) is 0 Å². The average molecular weight is 427 g/mol. The second-order valence-electron chi connectivity index (χ2n) is 13.9. The Bertz CT molecular complexity index is 784. The smallest absolute Gasteiger partial charge is 0.138 e. The summed E-state index contributed by atoms with van der Waals surface area (Å²) >= 11 is 0. The molecule has 5 fully saturated rings. The fraction of sp³-hybridized carbons (Fsp3) is 0.931. The van der Waals surface area contributed by atoms with Crippen molar-refractivity contribution in [3.63, 3.8) is 0 Å². The maximum atomic E-state index is 12.9. The molecule has 5 aliphatic rings. The summed E-state index contributed by atoms with van der Waals surface area (Å²) < 4.78 is 0. The van der Waals surface area contributed by atoms with Crippen LogP contribution in [0.15, 0.2) is 0 Å². The lowest BCUT2D eigenvalue weighted by Crippen LogP contribution is -2.66. The lowest BCUT2D eigenvalue weighted by molar-refractivity contribution is -0.232. The van der Waals surface area contributed by atoms with Crippen molar-refractivity contribution in [2.24, 2.45) is 56.7 Å². The molecule has 0 saturated heterocycles. The third-order valence-electron chi connectivity index (χ3n) is 13.1. The summed E-state index contributed by atoms with van der Waals surface area (Å²) in [7, 11) is 0. The molecule has 0 radical (unpaired) electrons. The minimum absolute atomic E-state index is 0.0194. The Hall–Kier alpha value is -0.660. The van der Waals surface area contributed by atoms with E-state index in [4.69, 9.17) is 0 Å². The molecule has 0 aromatic carbocycles. The van der Waals surface area contributed by atoms with Crippen LogP contribution in [0.5, 0.6) is 0 Å². The summed E-state index contributed by atoms with van der Waals surface area (Å²) in [6, 6.07) is 0. The van der Waals surface area contributed by atoms with E-state index in [1.54, 1.807) is 0 Å². The molecule has 0 heterocycles. The Morgan fingerprint density at radius 2 is 1.58 bits per heavy atom. The lowest BCUT2D eigenvalue weighted by Gasteiger charge is -2.72. The van der Waals surface area contributed by atoms with Crippen molar-refractivity contribution in [2.45, 2.75) is 112 Å². The van der Waals surface area contributed by atoms with Gasteiger partial charge in [0.15, 0.2) is 0 Å². The van der Waals surface area contributed by atoms with Gasteiger partial charge in [0, 0.05) is 17.3 Å². The summed E-state index contributed by atoms with van der Waals surface area (Å²) in [4.78, 5) is 25.3. The van der Waals surface area contributed by atoms with Crippen molar-refractivity contribution >= 4 is 12.1 Å². The molecule has 0 aromatic rings. The zero-order chi connectivity index (χ0) is 22.4. The highest BCUT2D eigenvalue weighted by Crippen LogP contribution is 2.76. The van der Waals surface area contributed by atoms with Gasteiger partial charge in [-0.1, -0.05) is 48.0 Å². The van der Waals surface area contributed by atoms with Crippen LogP contribution in [-0.2, 0) is 9.59 Å². The monoisotopic (exact) mass is 426 g/mol. The third-order valence-corrected chi connectivity index (χ3v) is 13.1. The van der Waals surface area contributed by atoms with Gasteiger partial charge in [-0.05, 0) is 104 Å². The molecule has 0 unspecified atom stereocenters.